The molecular formula is C17H21N7O2. The lowest BCUT2D eigenvalue weighted by Gasteiger charge is -2.22. The van der Waals surface area contributed by atoms with Gasteiger partial charge in [-0.25, -0.2) is 9.78 Å². The van der Waals surface area contributed by atoms with Crippen molar-refractivity contribution < 1.29 is 4.79 Å². The molecule has 9 nitrogen and oxygen atoms in total. The van der Waals surface area contributed by atoms with Crippen LogP contribution in [0.4, 0.5) is 11.4 Å². The predicted molar refractivity (Wildman–Crippen MR) is 98.3 cm³/mol. The molecule has 136 valence electrons. The van der Waals surface area contributed by atoms with Crippen molar-refractivity contribution in [3.63, 3.8) is 0 Å². The van der Waals surface area contributed by atoms with E-state index in [-0.39, 0.29) is 11.6 Å². The number of carbonyl (C=O) groups excluding carboxylic acids is 1. The number of fused-ring (bicyclic) bond motifs is 1. The van der Waals surface area contributed by atoms with Crippen molar-refractivity contribution in [3.8, 4) is 0 Å². The molecule has 9 heteroatoms. The van der Waals surface area contributed by atoms with E-state index in [4.69, 9.17) is 0 Å². The summed E-state index contributed by atoms with van der Waals surface area (Å²) in [7, 11) is 0. The zero-order valence-corrected chi connectivity index (χ0v) is 14.4. The van der Waals surface area contributed by atoms with E-state index in [1.807, 2.05) is 12.1 Å². The van der Waals surface area contributed by atoms with Gasteiger partial charge >= 0.3 is 5.69 Å². The van der Waals surface area contributed by atoms with E-state index in [1.54, 1.807) is 11.0 Å². The van der Waals surface area contributed by atoms with Crippen molar-refractivity contribution in [2.45, 2.75) is 32.2 Å². The van der Waals surface area contributed by atoms with Gasteiger partial charge in [0.15, 0.2) is 0 Å². The Morgan fingerprint density at radius 3 is 2.69 bits per heavy atom. The third kappa shape index (κ3) is 3.46. The number of aromatic nitrogens is 5. The molecule has 1 aliphatic heterocycles. The maximum atomic E-state index is 12.4. The third-order valence-corrected chi connectivity index (χ3v) is 4.61. The molecule has 0 aliphatic carbocycles. The van der Waals surface area contributed by atoms with Crippen molar-refractivity contribution in [2.24, 2.45) is 0 Å². The number of anilines is 2. The first-order valence-electron chi connectivity index (χ1n) is 8.82. The number of nitrogens with zero attached hydrogens (tertiary/aromatic N) is 4. The van der Waals surface area contributed by atoms with Crippen LogP contribution in [0.1, 0.15) is 25.7 Å². The van der Waals surface area contributed by atoms with E-state index in [2.05, 4.69) is 30.3 Å². The zero-order chi connectivity index (χ0) is 17.9. The molecule has 1 aliphatic rings. The summed E-state index contributed by atoms with van der Waals surface area (Å²) >= 11 is 0. The number of hydrogen-bond donors (Lipinski definition) is 3. The van der Waals surface area contributed by atoms with E-state index < -0.39 is 0 Å². The maximum Gasteiger partial charge on any atom is 0.323 e. The smallest absolute Gasteiger partial charge is 0.323 e. The van der Waals surface area contributed by atoms with Crippen molar-refractivity contribution in [2.75, 3.05) is 23.3 Å². The molecule has 1 aromatic carbocycles. The number of imidazole rings is 1. The highest BCUT2D eigenvalue weighted by Crippen LogP contribution is 2.32. The minimum Gasteiger partial charge on any atom is -0.370 e. The Kier molecular flexibility index (Phi) is 4.42. The van der Waals surface area contributed by atoms with Gasteiger partial charge in [-0.05, 0) is 31.4 Å². The molecule has 1 fully saturated rings. The summed E-state index contributed by atoms with van der Waals surface area (Å²) in [5, 5.41) is 7.04. The molecule has 0 atom stereocenters. The molecule has 3 heterocycles. The number of aromatic amines is 2. The van der Waals surface area contributed by atoms with E-state index in [0.717, 1.165) is 42.8 Å². The van der Waals surface area contributed by atoms with Crippen molar-refractivity contribution in [3.05, 3.63) is 35.3 Å². The molecule has 0 bridgehead atoms. The summed E-state index contributed by atoms with van der Waals surface area (Å²) < 4.78 is 1.71. The van der Waals surface area contributed by atoms with Crippen molar-refractivity contribution in [1.29, 1.82) is 0 Å². The van der Waals surface area contributed by atoms with Crippen LogP contribution in [-0.4, -0.2) is 43.7 Å². The fourth-order valence-corrected chi connectivity index (χ4v) is 3.35. The van der Waals surface area contributed by atoms with Crippen LogP contribution >= 0.6 is 0 Å². The third-order valence-electron chi connectivity index (χ3n) is 4.61. The fourth-order valence-electron chi connectivity index (χ4n) is 3.35. The molecule has 1 saturated heterocycles. The average Bonchev–Trinajstić information content (AvgIpc) is 3.35. The van der Waals surface area contributed by atoms with Gasteiger partial charge in [-0.3, -0.25) is 9.48 Å². The summed E-state index contributed by atoms with van der Waals surface area (Å²) in [6.45, 7) is 2.56. The van der Waals surface area contributed by atoms with Gasteiger partial charge in [0.05, 0.1) is 22.4 Å². The van der Waals surface area contributed by atoms with E-state index in [0.29, 0.717) is 24.9 Å². The van der Waals surface area contributed by atoms with Crippen LogP contribution in [-0.2, 0) is 11.3 Å². The molecule has 0 saturated carbocycles. The van der Waals surface area contributed by atoms with Gasteiger partial charge < -0.3 is 20.2 Å². The van der Waals surface area contributed by atoms with Gasteiger partial charge in [-0.15, -0.1) is 0 Å². The Hall–Kier alpha value is -3.10. The number of benzene rings is 1. The number of aryl methyl sites for hydroxylation is 1. The number of hydrogen-bond acceptors (Lipinski definition) is 5. The number of nitrogens with one attached hydrogen (secondary N) is 3. The summed E-state index contributed by atoms with van der Waals surface area (Å²) in [5.41, 5.74) is 2.89. The first-order chi connectivity index (χ1) is 12.7. The van der Waals surface area contributed by atoms with Crippen LogP contribution in [0.15, 0.2) is 29.6 Å². The standard InChI is InChI=1S/C17H21N7O2/c25-16(4-3-7-24-11-18-10-19-24)20-14-8-12-13(22-17(26)21-12)9-15(14)23-5-1-2-6-23/h8-11H,1-7H2,(H,20,25)(H2,21,22,26). The van der Waals surface area contributed by atoms with E-state index in [9.17, 15) is 9.59 Å². The molecule has 3 aromatic rings. The largest absolute Gasteiger partial charge is 0.370 e. The van der Waals surface area contributed by atoms with Gasteiger partial charge in [0.2, 0.25) is 5.91 Å². The van der Waals surface area contributed by atoms with E-state index >= 15 is 0 Å². The first-order valence-corrected chi connectivity index (χ1v) is 8.82. The Balaban J connectivity index is 1.50. The number of carbonyl (C=O) groups is 1. The average molecular weight is 355 g/mol. The lowest BCUT2D eigenvalue weighted by atomic mass is 10.2. The maximum absolute atomic E-state index is 12.4. The minimum atomic E-state index is -0.247. The minimum absolute atomic E-state index is 0.0530. The van der Waals surface area contributed by atoms with Crippen molar-refractivity contribution in [1.82, 2.24) is 24.7 Å². The number of H-pyrrole nitrogens is 2. The Morgan fingerprint density at radius 2 is 1.96 bits per heavy atom. The zero-order valence-electron chi connectivity index (χ0n) is 14.4. The van der Waals surface area contributed by atoms with Gasteiger partial charge in [0.1, 0.15) is 12.7 Å². The number of rotatable bonds is 6. The quantitative estimate of drug-likeness (QED) is 0.620. The van der Waals surface area contributed by atoms with Crippen LogP contribution in [0, 0.1) is 0 Å². The van der Waals surface area contributed by atoms with Crippen LogP contribution in [0.25, 0.3) is 11.0 Å². The summed E-state index contributed by atoms with van der Waals surface area (Å²) in [5.74, 6) is -0.0530. The highest BCUT2D eigenvalue weighted by Gasteiger charge is 2.18. The second-order valence-corrected chi connectivity index (χ2v) is 6.50. The lowest BCUT2D eigenvalue weighted by molar-refractivity contribution is -0.116. The topological polar surface area (TPSA) is 112 Å². The molecule has 1 amide bonds. The van der Waals surface area contributed by atoms with Gasteiger partial charge in [0.25, 0.3) is 0 Å². The van der Waals surface area contributed by atoms with Crippen LogP contribution in [0.3, 0.4) is 0 Å². The van der Waals surface area contributed by atoms with Gasteiger partial charge in [-0.1, -0.05) is 0 Å². The first kappa shape index (κ1) is 16.4. The summed E-state index contributed by atoms with van der Waals surface area (Å²) in [6, 6.07) is 3.76. The predicted octanol–water partition coefficient (Wildman–Crippen LogP) is 1.47. The fraction of sp³-hybridized carbons (Fsp3) is 0.412. The Morgan fingerprint density at radius 1 is 1.19 bits per heavy atom. The number of amides is 1. The normalized spacial score (nSPS) is 14.2. The van der Waals surface area contributed by atoms with Crippen molar-refractivity contribution >= 4 is 28.3 Å². The molecule has 4 rings (SSSR count). The molecule has 2 aromatic heterocycles. The summed E-state index contributed by atoms with van der Waals surface area (Å²) in [6.07, 6.45) is 6.45. The van der Waals surface area contributed by atoms with E-state index in [1.165, 1.54) is 6.33 Å². The Labute approximate surface area is 149 Å². The van der Waals surface area contributed by atoms with Crippen LogP contribution < -0.4 is 15.9 Å². The van der Waals surface area contributed by atoms with Gasteiger partial charge in [0, 0.05) is 26.1 Å². The Bertz CT molecular complexity index is 951. The molecule has 26 heavy (non-hydrogen) atoms. The van der Waals surface area contributed by atoms with Crippen LogP contribution in [0.2, 0.25) is 0 Å². The van der Waals surface area contributed by atoms with Crippen LogP contribution in [0.5, 0.6) is 0 Å². The molecular weight excluding hydrogens is 334 g/mol. The molecule has 0 unspecified atom stereocenters. The molecule has 0 radical (unpaired) electrons. The highest BCUT2D eigenvalue weighted by molar-refractivity contribution is 5.98. The second kappa shape index (κ2) is 7.03. The van der Waals surface area contributed by atoms with Gasteiger partial charge in [-0.2, -0.15) is 5.10 Å². The monoisotopic (exact) mass is 355 g/mol. The highest BCUT2D eigenvalue weighted by atomic mass is 16.1. The SMILES string of the molecule is O=C(CCCn1cncn1)Nc1cc2[nH]c(=O)[nH]c2cc1N1CCCC1. The second-order valence-electron chi connectivity index (χ2n) is 6.50. The molecule has 0 spiro atoms. The summed E-state index contributed by atoms with van der Waals surface area (Å²) in [4.78, 5) is 35.7. The lowest BCUT2D eigenvalue weighted by Crippen LogP contribution is -2.21. The molecule has 3 N–H and O–H groups in total.